The van der Waals surface area contributed by atoms with E-state index in [4.69, 9.17) is 5.11 Å². The fourth-order valence-corrected chi connectivity index (χ4v) is 1.85. The predicted molar refractivity (Wildman–Crippen MR) is 68.4 cm³/mol. The molecule has 0 aliphatic rings. The summed E-state index contributed by atoms with van der Waals surface area (Å²) in [5.74, 6) is -1.87. The van der Waals surface area contributed by atoms with Gasteiger partial charge >= 0.3 is 5.97 Å². The zero-order chi connectivity index (χ0) is 12.8. The highest BCUT2D eigenvalue weighted by Crippen LogP contribution is 2.08. The highest BCUT2D eigenvalue weighted by molar-refractivity contribution is 14.1. The molecule has 0 aliphatic carbocycles. The van der Waals surface area contributed by atoms with Crippen molar-refractivity contribution in [1.29, 1.82) is 0 Å². The average Bonchev–Trinajstić information content (AvgIpc) is 2.25. The first-order valence-electron chi connectivity index (χ1n) is 4.85. The lowest BCUT2D eigenvalue weighted by atomic mass is 10.1. The number of carboxylic acids is 1. The standard InChI is InChI=1S/C11H11FINO3/c12-6-9(11(16)17)14-10(15)5-7-2-1-3-8(13)4-7/h1-4,9H,5-6H2,(H,14,15)(H,16,17). The quantitative estimate of drug-likeness (QED) is 0.788. The van der Waals surface area contributed by atoms with E-state index in [1.165, 1.54) is 0 Å². The fraction of sp³-hybridized carbons (Fsp3) is 0.273. The first-order chi connectivity index (χ1) is 8.02. The molecule has 0 fully saturated rings. The van der Waals surface area contributed by atoms with Gasteiger partial charge in [-0.05, 0) is 40.3 Å². The molecule has 1 atom stereocenters. The van der Waals surface area contributed by atoms with Crippen LogP contribution in [-0.2, 0) is 16.0 Å². The van der Waals surface area contributed by atoms with Gasteiger partial charge in [-0.15, -0.1) is 0 Å². The van der Waals surface area contributed by atoms with E-state index in [0.717, 1.165) is 9.13 Å². The number of benzene rings is 1. The van der Waals surface area contributed by atoms with Gasteiger partial charge in [-0.2, -0.15) is 0 Å². The van der Waals surface area contributed by atoms with Crippen molar-refractivity contribution >= 4 is 34.5 Å². The number of aliphatic carboxylic acids is 1. The van der Waals surface area contributed by atoms with Crippen molar-refractivity contribution < 1.29 is 19.1 Å². The zero-order valence-corrected chi connectivity index (χ0v) is 11.0. The molecule has 0 spiro atoms. The van der Waals surface area contributed by atoms with E-state index in [2.05, 4.69) is 27.9 Å². The van der Waals surface area contributed by atoms with Crippen LogP contribution in [0.25, 0.3) is 0 Å². The first kappa shape index (κ1) is 13.9. The lowest BCUT2D eigenvalue weighted by Gasteiger charge is -2.10. The molecule has 0 aliphatic heterocycles. The Morgan fingerprint density at radius 1 is 1.47 bits per heavy atom. The lowest BCUT2D eigenvalue weighted by molar-refractivity contribution is -0.142. The second kappa shape index (κ2) is 6.53. The number of amides is 1. The minimum atomic E-state index is -1.47. The summed E-state index contributed by atoms with van der Waals surface area (Å²) >= 11 is 2.11. The monoisotopic (exact) mass is 351 g/mol. The highest BCUT2D eigenvalue weighted by Gasteiger charge is 2.19. The van der Waals surface area contributed by atoms with Gasteiger partial charge in [-0.3, -0.25) is 4.79 Å². The number of alkyl halides is 1. The summed E-state index contributed by atoms with van der Waals surface area (Å²) in [6.45, 7) is -1.12. The summed E-state index contributed by atoms with van der Waals surface area (Å²) in [5, 5.41) is 10.7. The Labute approximate surface area is 111 Å². The van der Waals surface area contributed by atoms with Gasteiger partial charge in [0, 0.05) is 3.57 Å². The number of rotatable bonds is 5. The fourth-order valence-electron chi connectivity index (χ4n) is 1.24. The maximum Gasteiger partial charge on any atom is 0.328 e. The summed E-state index contributed by atoms with van der Waals surface area (Å²) < 4.78 is 13.3. The molecule has 0 saturated carbocycles. The molecule has 4 nitrogen and oxygen atoms in total. The van der Waals surface area contributed by atoms with Crippen LogP contribution in [0.2, 0.25) is 0 Å². The van der Waals surface area contributed by atoms with Crippen LogP contribution in [0.4, 0.5) is 4.39 Å². The third kappa shape index (κ3) is 4.68. The van der Waals surface area contributed by atoms with Crippen molar-refractivity contribution in [3.05, 3.63) is 33.4 Å². The summed E-state index contributed by atoms with van der Waals surface area (Å²) in [6.07, 6.45) is 0.0423. The van der Waals surface area contributed by atoms with Gasteiger partial charge in [0.15, 0.2) is 6.04 Å². The third-order valence-electron chi connectivity index (χ3n) is 2.04. The van der Waals surface area contributed by atoms with Crippen molar-refractivity contribution in [3.63, 3.8) is 0 Å². The van der Waals surface area contributed by atoms with Gasteiger partial charge in [-0.1, -0.05) is 12.1 Å². The molecule has 92 valence electrons. The van der Waals surface area contributed by atoms with E-state index in [-0.39, 0.29) is 6.42 Å². The molecule has 1 rings (SSSR count). The Hall–Kier alpha value is -1.18. The molecule has 0 bridgehead atoms. The molecule has 1 aromatic rings. The predicted octanol–water partition coefficient (Wildman–Crippen LogP) is 1.37. The minimum Gasteiger partial charge on any atom is -0.480 e. The molecular weight excluding hydrogens is 340 g/mol. The number of nitrogens with one attached hydrogen (secondary N) is 1. The third-order valence-corrected chi connectivity index (χ3v) is 2.71. The Bertz CT molecular complexity index is 425. The van der Waals surface area contributed by atoms with Crippen LogP contribution in [0.1, 0.15) is 5.56 Å². The number of hydrogen-bond acceptors (Lipinski definition) is 2. The van der Waals surface area contributed by atoms with Crippen LogP contribution in [0, 0.1) is 3.57 Å². The van der Waals surface area contributed by atoms with Crippen molar-refractivity contribution in [1.82, 2.24) is 5.32 Å². The smallest absolute Gasteiger partial charge is 0.328 e. The van der Waals surface area contributed by atoms with E-state index in [0.29, 0.717) is 0 Å². The maximum atomic E-state index is 12.3. The molecule has 0 aromatic heterocycles. The number of carbonyl (C=O) groups excluding carboxylic acids is 1. The molecular formula is C11H11FINO3. The van der Waals surface area contributed by atoms with Gasteiger partial charge < -0.3 is 10.4 Å². The van der Waals surface area contributed by atoms with E-state index in [1.54, 1.807) is 12.1 Å². The molecule has 2 N–H and O–H groups in total. The Morgan fingerprint density at radius 2 is 2.18 bits per heavy atom. The van der Waals surface area contributed by atoms with Crippen LogP contribution in [0.3, 0.4) is 0 Å². The largest absolute Gasteiger partial charge is 0.480 e. The zero-order valence-electron chi connectivity index (χ0n) is 8.82. The molecule has 6 heteroatoms. The molecule has 0 saturated heterocycles. The van der Waals surface area contributed by atoms with E-state index in [1.807, 2.05) is 12.1 Å². The Balaban J connectivity index is 2.58. The van der Waals surface area contributed by atoms with Gasteiger partial charge in [0.2, 0.25) is 5.91 Å². The molecule has 1 amide bonds. The Morgan fingerprint density at radius 3 is 2.71 bits per heavy atom. The number of hydrogen-bond donors (Lipinski definition) is 2. The van der Waals surface area contributed by atoms with Crippen molar-refractivity contribution in [2.24, 2.45) is 0 Å². The lowest BCUT2D eigenvalue weighted by Crippen LogP contribution is -2.43. The van der Waals surface area contributed by atoms with Crippen molar-refractivity contribution in [2.45, 2.75) is 12.5 Å². The molecule has 1 aromatic carbocycles. The summed E-state index contributed by atoms with van der Waals surface area (Å²) in [4.78, 5) is 22.0. The van der Waals surface area contributed by atoms with Gasteiger partial charge in [0.05, 0.1) is 6.42 Å². The topological polar surface area (TPSA) is 66.4 Å². The summed E-state index contributed by atoms with van der Waals surface area (Å²) in [5.41, 5.74) is 0.761. The summed E-state index contributed by atoms with van der Waals surface area (Å²) in [7, 11) is 0. The van der Waals surface area contributed by atoms with Gasteiger partial charge in [-0.25, -0.2) is 9.18 Å². The van der Waals surface area contributed by atoms with Crippen molar-refractivity contribution in [3.8, 4) is 0 Å². The number of carbonyl (C=O) groups is 2. The highest BCUT2D eigenvalue weighted by atomic mass is 127. The second-order valence-electron chi connectivity index (χ2n) is 3.42. The van der Waals surface area contributed by atoms with E-state index < -0.39 is 24.6 Å². The van der Waals surface area contributed by atoms with Crippen LogP contribution < -0.4 is 5.32 Å². The van der Waals surface area contributed by atoms with Crippen LogP contribution in [0.15, 0.2) is 24.3 Å². The van der Waals surface area contributed by atoms with E-state index in [9.17, 15) is 14.0 Å². The molecule has 17 heavy (non-hydrogen) atoms. The molecule has 1 unspecified atom stereocenters. The van der Waals surface area contributed by atoms with Crippen LogP contribution >= 0.6 is 22.6 Å². The molecule has 0 heterocycles. The van der Waals surface area contributed by atoms with Crippen LogP contribution in [-0.4, -0.2) is 29.7 Å². The first-order valence-corrected chi connectivity index (χ1v) is 5.93. The SMILES string of the molecule is O=C(Cc1cccc(I)c1)NC(CF)C(=O)O. The average molecular weight is 351 g/mol. The van der Waals surface area contributed by atoms with Gasteiger partial charge in [0.25, 0.3) is 0 Å². The Kier molecular flexibility index (Phi) is 5.33. The van der Waals surface area contributed by atoms with Crippen LogP contribution in [0.5, 0.6) is 0 Å². The minimum absolute atomic E-state index is 0.0423. The van der Waals surface area contributed by atoms with Gasteiger partial charge in [0.1, 0.15) is 6.67 Å². The number of carboxylic acid groups (broad SMARTS) is 1. The second-order valence-corrected chi connectivity index (χ2v) is 4.66. The molecule has 0 radical (unpaired) electrons. The normalized spacial score (nSPS) is 11.9. The number of halogens is 2. The summed E-state index contributed by atoms with van der Waals surface area (Å²) in [6, 6.07) is 5.78. The maximum absolute atomic E-state index is 12.3. The van der Waals surface area contributed by atoms with Crippen molar-refractivity contribution in [2.75, 3.05) is 6.67 Å². The van der Waals surface area contributed by atoms with E-state index >= 15 is 0 Å².